The maximum atomic E-state index is 5.28. The molecule has 0 spiro atoms. The fraction of sp³-hybridized carbons (Fsp3) is 0.700. The number of nitrogens with one attached hydrogen (secondary N) is 1. The summed E-state index contributed by atoms with van der Waals surface area (Å²) in [6.07, 6.45) is 2.85. The second-order valence-electron chi connectivity index (χ2n) is 3.70. The van der Waals surface area contributed by atoms with Gasteiger partial charge in [0.25, 0.3) is 0 Å². The van der Waals surface area contributed by atoms with Crippen molar-refractivity contribution in [2.45, 2.75) is 6.42 Å². The lowest BCUT2D eigenvalue weighted by Crippen LogP contribution is -2.46. The average Bonchev–Trinajstić information content (AvgIpc) is 2.66. The first-order valence-electron chi connectivity index (χ1n) is 5.39. The van der Waals surface area contributed by atoms with E-state index in [4.69, 9.17) is 4.74 Å². The predicted molar refractivity (Wildman–Crippen MR) is 57.3 cm³/mol. The smallest absolute Gasteiger partial charge is 0.0608 e. The molecule has 0 unspecified atom stereocenters. The molecule has 1 saturated heterocycles. The number of ether oxygens (including phenoxy) is 1. The van der Waals surface area contributed by atoms with Crippen LogP contribution < -0.4 is 5.43 Å². The number of morpholine rings is 1. The van der Waals surface area contributed by atoms with E-state index in [1.54, 1.807) is 0 Å². The average molecular weight is 210 g/mol. The number of rotatable bonds is 4. The molecule has 5 nitrogen and oxygen atoms in total. The highest BCUT2D eigenvalue weighted by molar-refractivity contribution is 5.00. The standard InChI is InChI=1S/C10H18N4O/c1-13-10(2-4-11-13)3-5-12-14-6-8-15-9-7-14/h2,4,12H,3,5-9H2,1H3. The Morgan fingerprint density at radius 1 is 1.47 bits per heavy atom. The normalized spacial score (nSPS) is 18.2. The Bertz CT molecular complexity index is 293. The third-order valence-electron chi connectivity index (χ3n) is 2.65. The largest absolute Gasteiger partial charge is 0.379 e. The lowest BCUT2D eigenvalue weighted by molar-refractivity contribution is 0.0123. The third-order valence-corrected chi connectivity index (χ3v) is 2.65. The number of hydrazine groups is 1. The van der Waals surface area contributed by atoms with Gasteiger partial charge in [-0.2, -0.15) is 5.10 Å². The predicted octanol–water partition coefficient (Wildman–Crippen LogP) is -0.201. The van der Waals surface area contributed by atoms with Gasteiger partial charge in [-0.1, -0.05) is 0 Å². The summed E-state index contributed by atoms with van der Waals surface area (Å²) in [5, 5.41) is 6.36. The van der Waals surface area contributed by atoms with Crippen LogP contribution >= 0.6 is 0 Å². The molecule has 0 radical (unpaired) electrons. The quantitative estimate of drug-likeness (QED) is 0.747. The Balaban J connectivity index is 1.68. The van der Waals surface area contributed by atoms with Crippen LogP contribution in [-0.4, -0.2) is 47.6 Å². The molecule has 1 fully saturated rings. The van der Waals surface area contributed by atoms with Crippen LogP contribution in [0.4, 0.5) is 0 Å². The summed E-state index contributed by atoms with van der Waals surface area (Å²) in [6.45, 7) is 4.58. The van der Waals surface area contributed by atoms with Crippen molar-refractivity contribution >= 4 is 0 Å². The fourth-order valence-corrected chi connectivity index (χ4v) is 1.71. The van der Waals surface area contributed by atoms with Crippen LogP contribution in [0, 0.1) is 0 Å². The summed E-state index contributed by atoms with van der Waals surface area (Å²) < 4.78 is 7.19. The lowest BCUT2D eigenvalue weighted by Gasteiger charge is -2.27. The second-order valence-corrected chi connectivity index (χ2v) is 3.70. The maximum Gasteiger partial charge on any atom is 0.0608 e. The van der Waals surface area contributed by atoms with E-state index in [0.29, 0.717) is 0 Å². The monoisotopic (exact) mass is 210 g/mol. The number of aromatic nitrogens is 2. The van der Waals surface area contributed by atoms with Crippen LogP contribution in [-0.2, 0) is 18.2 Å². The van der Waals surface area contributed by atoms with Crippen LogP contribution in [0.1, 0.15) is 5.69 Å². The van der Waals surface area contributed by atoms with Gasteiger partial charge in [-0.15, -0.1) is 0 Å². The Hall–Kier alpha value is -0.910. The van der Waals surface area contributed by atoms with Crippen molar-refractivity contribution in [1.29, 1.82) is 0 Å². The van der Waals surface area contributed by atoms with Crippen LogP contribution in [0.25, 0.3) is 0 Å². The van der Waals surface area contributed by atoms with Crippen molar-refractivity contribution in [2.75, 3.05) is 32.8 Å². The molecule has 0 saturated carbocycles. The van der Waals surface area contributed by atoms with Crippen LogP contribution in [0.3, 0.4) is 0 Å². The van der Waals surface area contributed by atoms with Crippen molar-refractivity contribution in [2.24, 2.45) is 7.05 Å². The highest BCUT2D eigenvalue weighted by Gasteiger charge is 2.09. The summed E-state index contributed by atoms with van der Waals surface area (Å²) in [6, 6.07) is 2.06. The molecule has 2 rings (SSSR count). The van der Waals surface area contributed by atoms with E-state index in [-0.39, 0.29) is 0 Å². The summed E-state index contributed by atoms with van der Waals surface area (Å²) in [7, 11) is 1.98. The van der Waals surface area contributed by atoms with Gasteiger partial charge in [0, 0.05) is 45.0 Å². The van der Waals surface area contributed by atoms with Gasteiger partial charge in [0.15, 0.2) is 0 Å². The molecule has 0 bridgehead atoms. The van der Waals surface area contributed by atoms with Gasteiger partial charge in [0.05, 0.1) is 13.2 Å². The zero-order valence-electron chi connectivity index (χ0n) is 9.15. The van der Waals surface area contributed by atoms with Gasteiger partial charge in [0.2, 0.25) is 0 Å². The second kappa shape index (κ2) is 5.25. The highest BCUT2D eigenvalue weighted by Crippen LogP contribution is 1.97. The molecule has 0 aromatic carbocycles. The first-order valence-corrected chi connectivity index (χ1v) is 5.39. The van der Waals surface area contributed by atoms with Gasteiger partial charge in [-0.3, -0.25) is 10.1 Å². The molecule has 5 heteroatoms. The van der Waals surface area contributed by atoms with Crippen molar-refractivity contribution in [1.82, 2.24) is 20.2 Å². The van der Waals surface area contributed by atoms with Crippen LogP contribution in [0.15, 0.2) is 12.3 Å². The molecule has 1 aliphatic heterocycles. The minimum absolute atomic E-state index is 0.832. The Kier molecular flexibility index (Phi) is 3.71. The van der Waals surface area contributed by atoms with E-state index in [1.807, 2.05) is 17.9 Å². The topological polar surface area (TPSA) is 42.3 Å². The molecule has 84 valence electrons. The van der Waals surface area contributed by atoms with E-state index in [1.165, 1.54) is 5.69 Å². The molecular formula is C10H18N4O. The molecule has 1 aromatic heterocycles. The zero-order valence-corrected chi connectivity index (χ0v) is 9.15. The summed E-state index contributed by atoms with van der Waals surface area (Å²) in [5.41, 5.74) is 4.66. The van der Waals surface area contributed by atoms with E-state index in [0.717, 1.165) is 39.3 Å². The van der Waals surface area contributed by atoms with E-state index in [2.05, 4.69) is 21.6 Å². The Labute approximate surface area is 90.0 Å². The van der Waals surface area contributed by atoms with E-state index in [9.17, 15) is 0 Å². The van der Waals surface area contributed by atoms with Crippen LogP contribution in [0.5, 0.6) is 0 Å². The zero-order chi connectivity index (χ0) is 10.5. The highest BCUT2D eigenvalue weighted by atomic mass is 16.5. The molecule has 15 heavy (non-hydrogen) atoms. The first-order chi connectivity index (χ1) is 7.36. The van der Waals surface area contributed by atoms with Crippen LogP contribution in [0.2, 0.25) is 0 Å². The van der Waals surface area contributed by atoms with E-state index >= 15 is 0 Å². The van der Waals surface area contributed by atoms with E-state index < -0.39 is 0 Å². The third kappa shape index (κ3) is 3.02. The SMILES string of the molecule is Cn1nccc1CCNN1CCOCC1. The summed E-state index contributed by atoms with van der Waals surface area (Å²) >= 11 is 0. The molecule has 0 aliphatic carbocycles. The lowest BCUT2D eigenvalue weighted by atomic mass is 10.3. The number of aryl methyl sites for hydroxylation is 1. The fourth-order valence-electron chi connectivity index (χ4n) is 1.71. The van der Waals surface area contributed by atoms with Gasteiger partial charge in [0.1, 0.15) is 0 Å². The minimum atomic E-state index is 0.832. The van der Waals surface area contributed by atoms with Gasteiger partial charge in [-0.05, 0) is 6.07 Å². The molecule has 1 N–H and O–H groups in total. The van der Waals surface area contributed by atoms with Gasteiger partial charge >= 0.3 is 0 Å². The number of hydrogen-bond acceptors (Lipinski definition) is 4. The van der Waals surface area contributed by atoms with Gasteiger partial charge in [-0.25, -0.2) is 5.01 Å². The maximum absolute atomic E-state index is 5.28. The number of hydrogen-bond donors (Lipinski definition) is 1. The Morgan fingerprint density at radius 2 is 2.27 bits per heavy atom. The molecule has 2 heterocycles. The first kappa shape index (κ1) is 10.6. The summed E-state index contributed by atoms with van der Waals surface area (Å²) in [5.74, 6) is 0. The Morgan fingerprint density at radius 3 is 2.93 bits per heavy atom. The molecule has 1 aliphatic rings. The van der Waals surface area contributed by atoms with Crippen molar-refractivity contribution in [3.8, 4) is 0 Å². The van der Waals surface area contributed by atoms with Crippen molar-refractivity contribution in [3.05, 3.63) is 18.0 Å². The molecular weight excluding hydrogens is 192 g/mol. The minimum Gasteiger partial charge on any atom is -0.379 e. The van der Waals surface area contributed by atoms with Gasteiger partial charge < -0.3 is 4.74 Å². The molecule has 1 aromatic rings. The van der Waals surface area contributed by atoms with Crippen molar-refractivity contribution in [3.63, 3.8) is 0 Å². The molecule has 0 atom stereocenters. The number of nitrogens with zero attached hydrogens (tertiary/aromatic N) is 3. The summed E-state index contributed by atoms with van der Waals surface area (Å²) in [4.78, 5) is 0. The molecule has 0 amide bonds. The van der Waals surface area contributed by atoms with Crippen molar-refractivity contribution < 1.29 is 4.74 Å².